The molecule has 6 heteroatoms. The molecule has 0 unspecified atom stereocenters. The molecule has 0 saturated carbocycles. The van der Waals surface area contributed by atoms with Crippen molar-refractivity contribution in [1.82, 2.24) is 4.90 Å². The molecule has 0 radical (unpaired) electrons. The molecule has 1 aromatic carbocycles. The van der Waals surface area contributed by atoms with E-state index in [1.807, 2.05) is 0 Å². The van der Waals surface area contributed by atoms with Gasteiger partial charge in [0.15, 0.2) is 0 Å². The van der Waals surface area contributed by atoms with E-state index in [9.17, 15) is 9.59 Å². The molecule has 2 rings (SSSR count). The highest BCUT2D eigenvalue weighted by Crippen LogP contribution is 2.21. The van der Waals surface area contributed by atoms with Gasteiger partial charge in [0, 0.05) is 13.1 Å². The number of aliphatic carboxylic acids is 1. The second kappa shape index (κ2) is 6.27. The quantitative estimate of drug-likeness (QED) is 0.872. The topological polar surface area (TPSA) is 93.4 Å². The van der Waals surface area contributed by atoms with Gasteiger partial charge >= 0.3 is 12.0 Å². The van der Waals surface area contributed by atoms with Gasteiger partial charge in [0.1, 0.15) is 6.07 Å². The van der Waals surface area contributed by atoms with Crippen LogP contribution in [0, 0.1) is 24.2 Å². The Labute approximate surface area is 123 Å². The Morgan fingerprint density at radius 1 is 1.48 bits per heavy atom. The van der Waals surface area contributed by atoms with E-state index >= 15 is 0 Å². The van der Waals surface area contributed by atoms with Crippen LogP contribution in [-0.4, -0.2) is 35.1 Å². The van der Waals surface area contributed by atoms with Crippen LogP contribution in [0.25, 0.3) is 0 Å². The summed E-state index contributed by atoms with van der Waals surface area (Å²) in [7, 11) is 0. The SMILES string of the molecule is Cc1cccc(NC(=O)N2CCC[C@@H](C(=O)O)C2)c1C#N. The van der Waals surface area contributed by atoms with Crippen molar-refractivity contribution in [3.63, 3.8) is 0 Å². The van der Waals surface area contributed by atoms with E-state index in [1.165, 1.54) is 4.90 Å². The number of amides is 2. The van der Waals surface area contributed by atoms with Crippen molar-refractivity contribution in [2.24, 2.45) is 5.92 Å². The number of aryl methyl sites for hydroxylation is 1. The smallest absolute Gasteiger partial charge is 0.321 e. The minimum atomic E-state index is -0.874. The summed E-state index contributed by atoms with van der Waals surface area (Å²) in [6.45, 7) is 2.54. The number of anilines is 1. The van der Waals surface area contributed by atoms with Crippen LogP contribution in [0.4, 0.5) is 10.5 Å². The van der Waals surface area contributed by atoms with Gasteiger partial charge in [-0.15, -0.1) is 0 Å². The van der Waals surface area contributed by atoms with Crippen molar-refractivity contribution in [3.8, 4) is 6.07 Å². The fourth-order valence-corrected chi connectivity index (χ4v) is 2.48. The van der Waals surface area contributed by atoms with Crippen LogP contribution in [0.15, 0.2) is 18.2 Å². The maximum absolute atomic E-state index is 12.2. The highest BCUT2D eigenvalue weighted by Gasteiger charge is 2.28. The number of nitriles is 1. The highest BCUT2D eigenvalue weighted by atomic mass is 16.4. The van der Waals surface area contributed by atoms with Crippen LogP contribution in [0.5, 0.6) is 0 Å². The molecule has 1 atom stereocenters. The summed E-state index contributed by atoms with van der Waals surface area (Å²) >= 11 is 0. The number of nitrogens with zero attached hydrogens (tertiary/aromatic N) is 2. The average molecular weight is 287 g/mol. The minimum absolute atomic E-state index is 0.203. The number of benzene rings is 1. The third-order valence-electron chi connectivity index (χ3n) is 3.68. The first-order valence-electron chi connectivity index (χ1n) is 6.81. The molecule has 1 aliphatic heterocycles. The summed E-state index contributed by atoms with van der Waals surface area (Å²) in [5.74, 6) is -1.39. The Morgan fingerprint density at radius 2 is 2.24 bits per heavy atom. The van der Waals surface area contributed by atoms with E-state index in [1.54, 1.807) is 25.1 Å². The van der Waals surface area contributed by atoms with Crippen molar-refractivity contribution in [2.45, 2.75) is 19.8 Å². The normalized spacial score (nSPS) is 17.9. The number of hydrogen-bond donors (Lipinski definition) is 2. The van der Waals surface area contributed by atoms with Crippen molar-refractivity contribution in [1.29, 1.82) is 5.26 Å². The molecule has 0 aliphatic carbocycles. The van der Waals surface area contributed by atoms with Gasteiger partial charge in [-0.1, -0.05) is 12.1 Å². The van der Waals surface area contributed by atoms with Gasteiger partial charge in [-0.3, -0.25) is 4.79 Å². The number of likely N-dealkylation sites (tertiary alicyclic amines) is 1. The van der Waals surface area contributed by atoms with Crippen LogP contribution in [0.1, 0.15) is 24.0 Å². The van der Waals surface area contributed by atoms with Crippen LogP contribution >= 0.6 is 0 Å². The second-order valence-corrected chi connectivity index (χ2v) is 5.16. The molecule has 6 nitrogen and oxygen atoms in total. The first kappa shape index (κ1) is 14.9. The third kappa shape index (κ3) is 3.31. The van der Waals surface area contributed by atoms with Gasteiger partial charge in [0.05, 0.1) is 17.2 Å². The lowest BCUT2D eigenvalue weighted by molar-refractivity contribution is -0.143. The molecule has 2 N–H and O–H groups in total. The van der Waals surface area contributed by atoms with Gasteiger partial charge in [0.2, 0.25) is 0 Å². The number of urea groups is 1. The zero-order chi connectivity index (χ0) is 15.4. The average Bonchev–Trinajstić information content (AvgIpc) is 2.47. The highest BCUT2D eigenvalue weighted by molar-refractivity contribution is 5.91. The maximum Gasteiger partial charge on any atom is 0.321 e. The third-order valence-corrected chi connectivity index (χ3v) is 3.68. The Balaban J connectivity index is 2.10. The Kier molecular flexibility index (Phi) is 4.43. The number of rotatable bonds is 2. The summed E-state index contributed by atoms with van der Waals surface area (Å²) < 4.78 is 0. The summed E-state index contributed by atoms with van der Waals surface area (Å²) in [6.07, 6.45) is 1.26. The summed E-state index contributed by atoms with van der Waals surface area (Å²) in [5, 5.41) is 20.9. The van der Waals surface area contributed by atoms with E-state index in [0.717, 1.165) is 5.56 Å². The standard InChI is InChI=1S/C15H17N3O3/c1-10-4-2-6-13(12(10)8-16)17-15(21)18-7-3-5-11(9-18)14(19)20/h2,4,6,11H,3,5,7,9H2,1H3,(H,17,21)(H,19,20)/t11-/m1/s1. The van der Waals surface area contributed by atoms with E-state index < -0.39 is 11.9 Å². The van der Waals surface area contributed by atoms with Crippen molar-refractivity contribution in [2.75, 3.05) is 18.4 Å². The molecule has 0 bridgehead atoms. The molecule has 1 aromatic rings. The fourth-order valence-electron chi connectivity index (χ4n) is 2.48. The lowest BCUT2D eigenvalue weighted by atomic mass is 9.99. The summed E-state index contributed by atoms with van der Waals surface area (Å²) in [6, 6.07) is 6.95. The van der Waals surface area contributed by atoms with E-state index in [0.29, 0.717) is 30.6 Å². The molecule has 1 saturated heterocycles. The molecule has 110 valence electrons. The summed E-state index contributed by atoms with van der Waals surface area (Å²) in [4.78, 5) is 24.7. The van der Waals surface area contributed by atoms with Crippen LogP contribution in [0.2, 0.25) is 0 Å². The molecule has 1 heterocycles. The van der Waals surface area contributed by atoms with Gasteiger partial charge < -0.3 is 15.3 Å². The van der Waals surface area contributed by atoms with Crippen molar-refractivity contribution in [3.05, 3.63) is 29.3 Å². The number of carboxylic acid groups (broad SMARTS) is 1. The zero-order valence-corrected chi connectivity index (χ0v) is 11.8. The largest absolute Gasteiger partial charge is 0.481 e. The molecule has 2 amide bonds. The van der Waals surface area contributed by atoms with E-state index in [-0.39, 0.29) is 12.6 Å². The van der Waals surface area contributed by atoms with E-state index in [4.69, 9.17) is 10.4 Å². The molecular formula is C15H17N3O3. The molecule has 0 aromatic heterocycles. The predicted octanol–water partition coefficient (Wildman–Crippen LogP) is 2.20. The van der Waals surface area contributed by atoms with Crippen LogP contribution in [0.3, 0.4) is 0 Å². The van der Waals surface area contributed by atoms with Gasteiger partial charge in [-0.2, -0.15) is 5.26 Å². The maximum atomic E-state index is 12.2. The first-order chi connectivity index (χ1) is 10.0. The lowest BCUT2D eigenvalue weighted by Crippen LogP contribution is -2.44. The van der Waals surface area contributed by atoms with Crippen LogP contribution < -0.4 is 5.32 Å². The second-order valence-electron chi connectivity index (χ2n) is 5.16. The number of carboxylic acids is 1. The fraction of sp³-hybridized carbons (Fsp3) is 0.400. The molecule has 21 heavy (non-hydrogen) atoms. The molecule has 1 fully saturated rings. The molecule has 0 spiro atoms. The Morgan fingerprint density at radius 3 is 2.90 bits per heavy atom. The number of carbonyl (C=O) groups is 2. The van der Waals surface area contributed by atoms with Gasteiger partial charge in [0.25, 0.3) is 0 Å². The Bertz CT molecular complexity index is 607. The number of hydrogen-bond acceptors (Lipinski definition) is 3. The lowest BCUT2D eigenvalue weighted by Gasteiger charge is -2.30. The zero-order valence-electron chi connectivity index (χ0n) is 11.8. The van der Waals surface area contributed by atoms with Crippen LogP contribution in [-0.2, 0) is 4.79 Å². The van der Waals surface area contributed by atoms with Crippen molar-refractivity contribution < 1.29 is 14.7 Å². The Hall–Kier alpha value is -2.55. The predicted molar refractivity (Wildman–Crippen MR) is 76.8 cm³/mol. The first-order valence-corrected chi connectivity index (χ1v) is 6.81. The molecular weight excluding hydrogens is 270 g/mol. The molecule has 1 aliphatic rings. The monoisotopic (exact) mass is 287 g/mol. The van der Waals surface area contributed by atoms with Gasteiger partial charge in [-0.05, 0) is 31.4 Å². The van der Waals surface area contributed by atoms with Crippen molar-refractivity contribution >= 4 is 17.7 Å². The van der Waals surface area contributed by atoms with E-state index in [2.05, 4.69) is 11.4 Å². The summed E-state index contributed by atoms with van der Waals surface area (Å²) in [5.41, 5.74) is 1.68. The number of nitrogens with one attached hydrogen (secondary N) is 1. The van der Waals surface area contributed by atoms with Gasteiger partial charge in [-0.25, -0.2) is 4.79 Å². The number of piperidine rings is 1. The minimum Gasteiger partial charge on any atom is -0.481 e. The number of carbonyl (C=O) groups excluding carboxylic acids is 1.